The number of carbonyl (C=O) groups is 1. The molecule has 24 heavy (non-hydrogen) atoms. The van der Waals surface area contributed by atoms with Gasteiger partial charge in [-0.25, -0.2) is 0 Å². The summed E-state index contributed by atoms with van der Waals surface area (Å²) in [4.78, 5) is 14.4. The molecule has 0 spiro atoms. The molecule has 2 aliphatic rings. The zero-order chi connectivity index (χ0) is 16.8. The van der Waals surface area contributed by atoms with E-state index in [9.17, 15) is 4.79 Å². The number of rotatable bonds is 5. The van der Waals surface area contributed by atoms with Crippen LogP contribution in [0.2, 0.25) is 0 Å². The number of nitrogens with zero attached hydrogens (tertiary/aromatic N) is 1. The number of morpholine rings is 1. The highest BCUT2D eigenvalue weighted by Gasteiger charge is 2.23. The molecule has 0 unspecified atom stereocenters. The highest BCUT2D eigenvalue weighted by atomic mass is 16.5. The molecule has 3 nitrogen and oxygen atoms in total. The summed E-state index contributed by atoms with van der Waals surface area (Å²) in [5, 5.41) is 0. The summed E-state index contributed by atoms with van der Waals surface area (Å²) in [5.74, 6) is 1.78. The Labute approximate surface area is 146 Å². The third kappa shape index (κ3) is 4.38. The third-order valence-corrected chi connectivity index (χ3v) is 5.74. The lowest BCUT2D eigenvalue weighted by molar-refractivity contribution is 0.0303. The van der Waals surface area contributed by atoms with Crippen LogP contribution in [-0.2, 0) is 4.74 Å². The Bertz CT molecular complexity index is 511. The van der Waals surface area contributed by atoms with E-state index in [1.807, 2.05) is 17.0 Å². The molecular formula is C21H31NO2. The van der Waals surface area contributed by atoms with Gasteiger partial charge in [0.05, 0.1) is 13.2 Å². The van der Waals surface area contributed by atoms with Gasteiger partial charge in [-0.2, -0.15) is 0 Å². The van der Waals surface area contributed by atoms with Crippen molar-refractivity contribution in [1.82, 2.24) is 4.90 Å². The monoisotopic (exact) mass is 329 g/mol. The van der Waals surface area contributed by atoms with Gasteiger partial charge in [0.15, 0.2) is 0 Å². The van der Waals surface area contributed by atoms with Crippen LogP contribution in [0.25, 0.3) is 0 Å². The Morgan fingerprint density at radius 1 is 1.08 bits per heavy atom. The standard InChI is InChI=1S/C21H31NO2/c1-2-3-4-17-5-7-18(8-6-17)19-9-11-20(12-10-19)21(23)22-13-15-24-16-14-22/h9-12,17-18H,2-8,13-16H2,1H3. The molecule has 1 saturated heterocycles. The minimum Gasteiger partial charge on any atom is -0.378 e. The topological polar surface area (TPSA) is 29.5 Å². The molecule has 1 aliphatic heterocycles. The summed E-state index contributed by atoms with van der Waals surface area (Å²) < 4.78 is 5.32. The number of hydrogen-bond acceptors (Lipinski definition) is 2. The molecule has 3 rings (SSSR count). The molecule has 1 saturated carbocycles. The molecule has 2 fully saturated rings. The summed E-state index contributed by atoms with van der Waals surface area (Å²) in [6, 6.07) is 8.42. The lowest BCUT2D eigenvalue weighted by atomic mass is 9.77. The number of amides is 1. The summed E-state index contributed by atoms with van der Waals surface area (Å²) in [7, 11) is 0. The quantitative estimate of drug-likeness (QED) is 0.788. The van der Waals surface area contributed by atoms with Crippen LogP contribution in [0.1, 0.15) is 73.7 Å². The van der Waals surface area contributed by atoms with Crippen LogP contribution in [0.3, 0.4) is 0 Å². The first kappa shape index (κ1) is 17.5. The van der Waals surface area contributed by atoms with Crippen LogP contribution in [0, 0.1) is 5.92 Å². The molecule has 0 radical (unpaired) electrons. The maximum absolute atomic E-state index is 12.5. The minimum atomic E-state index is 0.146. The van der Waals surface area contributed by atoms with E-state index in [-0.39, 0.29) is 5.91 Å². The third-order valence-electron chi connectivity index (χ3n) is 5.74. The first-order valence-electron chi connectivity index (χ1n) is 9.75. The van der Waals surface area contributed by atoms with Gasteiger partial charge in [-0.1, -0.05) is 38.3 Å². The minimum absolute atomic E-state index is 0.146. The van der Waals surface area contributed by atoms with Gasteiger partial charge >= 0.3 is 0 Å². The zero-order valence-corrected chi connectivity index (χ0v) is 15.0. The second kappa shape index (κ2) is 8.66. The summed E-state index contributed by atoms with van der Waals surface area (Å²) in [5.41, 5.74) is 2.24. The molecule has 1 aromatic carbocycles. The van der Waals surface area contributed by atoms with Crippen LogP contribution in [0.4, 0.5) is 0 Å². The molecule has 0 atom stereocenters. The van der Waals surface area contributed by atoms with E-state index in [4.69, 9.17) is 4.74 Å². The van der Waals surface area contributed by atoms with Gasteiger partial charge in [-0.05, 0) is 55.2 Å². The number of carbonyl (C=O) groups excluding carboxylic acids is 1. The smallest absolute Gasteiger partial charge is 0.254 e. The molecular weight excluding hydrogens is 298 g/mol. The maximum atomic E-state index is 12.5. The van der Waals surface area contributed by atoms with Crippen LogP contribution in [-0.4, -0.2) is 37.1 Å². The Morgan fingerprint density at radius 3 is 2.38 bits per heavy atom. The van der Waals surface area contributed by atoms with Crippen LogP contribution < -0.4 is 0 Å². The number of hydrogen-bond donors (Lipinski definition) is 0. The van der Waals surface area contributed by atoms with Gasteiger partial charge < -0.3 is 9.64 Å². The Kier molecular flexibility index (Phi) is 6.30. The molecule has 132 valence electrons. The molecule has 3 heteroatoms. The average molecular weight is 329 g/mol. The lowest BCUT2D eigenvalue weighted by Crippen LogP contribution is -2.40. The first-order chi connectivity index (χ1) is 11.8. The fourth-order valence-electron chi connectivity index (χ4n) is 4.12. The predicted molar refractivity (Wildman–Crippen MR) is 97.4 cm³/mol. The fourth-order valence-corrected chi connectivity index (χ4v) is 4.12. The second-order valence-electron chi connectivity index (χ2n) is 7.39. The summed E-state index contributed by atoms with van der Waals surface area (Å²) in [6.07, 6.45) is 9.48. The van der Waals surface area contributed by atoms with Crippen molar-refractivity contribution in [3.05, 3.63) is 35.4 Å². The zero-order valence-electron chi connectivity index (χ0n) is 15.0. The van der Waals surface area contributed by atoms with Gasteiger partial charge in [-0.15, -0.1) is 0 Å². The molecule has 0 N–H and O–H groups in total. The van der Waals surface area contributed by atoms with Crippen molar-refractivity contribution >= 4 is 5.91 Å². The summed E-state index contributed by atoms with van der Waals surface area (Å²) >= 11 is 0. The SMILES string of the molecule is CCCCC1CCC(c2ccc(C(=O)N3CCOCC3)cc2)CC1. The van der Waals surface area contributed by atoms with Crippen molar-refractivity contribution in [2.24, 2.45) is 5.92 Å². The van der Waals surface area contributed by atoms with Crippen molar-refractivity contribution in [2.45, 2.75) is 57.8 Å². The largest absolute Gasteiger partial charge is 0.378 e. The van der Waals surface area contributed by atoms with Gasteiger partial charge in [0.1, 0.15) is 0 Å². The molecule has 0 aromatic heterocycles. The Hall–Kier alpha value is -1.35. The van der Waals surface area contributed by atoms with E-state index in [2.05, 4.69) is 19.1 Å². The van der Waals surface area contributed by atoms with E-state index < -0.39 is 0 Å². The molecule has 1 heterocycles. The van der Waals surface area contributed by atoms with E-state index in [0.29, 0.717) is 32.2 Å². The van der Waals surface area contributed by atoms with Gasteiger partial charge in [0.25, 0.3) is 5.91 Å². The molecule has 1 aliphatic carbocycles. The second-order valence-corrected chi connectivity index (χ2v) is 7.39. The number of ether oxygens (including phenoxy) is 1. The van der Waals surface area contributed by atoms with Crippen molar-refractivity contribution in [3.8, 4) is 0 Å². The van der Waals surface area contributed by atoms with Crippen LogP contribution in [0.5, 0.6) is 0 Å². The lowest BCUT2D eigenvalue weighted by Gasteiger charge is -2.29. The highest BCUT2D eigenvalue weighted by Crippen LogP contribution is 2.37. The van der Waals surface area contributed by atoms with E-state index in [1.54, 1.807) is 0 Å². The van der Waals surface area contributed by atoms with Gasteiger partial charge in [0, 0.05) is 18.7 Å². The number of unbranched alkanes of at least 4 members (excludes halogenated alkanes) is 1. The van der Waals surface area contributed by atoms with Crippen molar-refractivity contribution < 1.29 is 9.53 Å². The van der Waals surface area contributed by atoms with Gasteiger partial charge in [-0.3, -0.25) is 4.79 Å². The average Bonchev–Trinajstić information content (AvgIpc) is 2.67. The van der Waals surface area contributed by atoms with Crippen molar-refractivity contribution in [2.75, 3.05) is 26.3 Å². The molecule has 1 aromatic rings. The van der Waals surface area contributed by atoms with Gasteiger partial charge in [0.2, 0.25) is 0 Å². The first-order valence-corrected chi connectivity index (χ1v) is 9.75. The maximum Gasteiger partial charge on any atom is 0.254 e. The predicted octanol–water partition coefficient (Wildman–Crippen LogP) is 4.62. The summed E-state index contributed by atoms with van der Waals surface area (Å²) in [6.45, 7) is 5.02. The fraction of sp³-hybridized carbons (Fsp3) is 0.667. The van der Waals surface area contributed by atoms with E-state index >= 15 is 0 Å². The number of benzene rings is 1. The molecule has 0 bridgehead atoms. The van der Waals surface area contributed by atoms with Crippen LogP contribution >= 0.6 is 0 Å². The normalized spacial score (nSPS) is 24.8. The molecule has 1 amide bonds. The Morgan fingerprint density at radius 2 is 1.75 bits per heavy atom. The Balaban J connectivity index is 1.54. The van der Waals surface area contributed by atoms with E-state index in [1.165, 1.54) is 50.5 Å². The van der Waals surface area contributed by atoms with Crippen LogP contribution in [0.15, 0.2) is 24.3 Å². The van der Waals surface area contributed by atoms with E-state index in [0.717, 1.165) is 11.5 Å². The van der Waals surface area contributed by atoms with Crippen molar-refractivity contribution in [1.29, 1.82) is 0 Å². The highest BCUT2D eigenvalue weighted by molar-refractivity contribution is 5.94. The van der Waals surface area contributed by atoms with Crippen molar-refractivity contribution in [3.63, 3.8) is 0 Å².